The summed E-state index contributed by atoms with van der Waals surface area (Å²) in [4.78, 5) is 9.09. The summed E-state index contributed by atoms with van der Waals surface area (Å²) in [6.45, 7) is 4.65. The molecule has 1 rings (SSSR count). The molecule has 1 unspecified atom stereocenters. The van der Waals surface area contributed by atoms with Gasteiger partial charge in [-0.15, -0.1) is 0 Å². The quantitative estimate of drug-likeness (QED) is 0.691. The molecular formula is C9H14N2O. The van der Waals surface area contributed by atoms with Crippen molar-refractivity contribution in [2.45, 2.75) is 19.9 Å². The Morgan fingerprint density at radius 3 is 3.08 bits per heavy atom. The maximum absolute atomic E-state index is 5.07. The SMILES string of the molecule is CCONC(C)c1cccnc1. The van der Waals surface area contributed by atoms with Crippen molar-refractivity contribution >= 4 is 0 Å². The van der Waals surface area contributed by atoms with Crippen molar-refractivity contribution in [2.24, 2.45) is 0 Å². The Bertz CT molecular complexity index is 213. The van der Waals surface area contributed by atoms with Crippen molar-refractivity contribution in [2.75, 3.05) is 6.61 Å². The van der Waals surface area contributed by atoms with Crippen LogP contribution in [0.4, 0.5) is 0 Å². The van der Waals surface area contributed by atoms with Crippen LogP contribution in [0.25, 0.3) is 0 Å². The van der Waals surface area contributed by atoms with E-state index in [4.69, 9.17) is 4.84 Å². The summed E-state index contributed by atoms with van der Waals surface area (Å²) in [7, 11) is 0. The van der Waals surface area contributed by atoms with Gasteiger partial charge in [0.05, 0.1) is 12.6 Å². The Hall–Kier alpha value is -0.930. The molecule has 3 nitrogen and oxygen atoms in total. The zero-order valence-electron chi connectivity index (χ0n) is 7.45. The van der Waals surface area contributed by atoms with Gasteiger partial charge in [-0.3, -0.25) is 4.98 Å². The zero-order chi connectivity index (χ0) is 8.81. The van der Waals surface area contributed by atoms with Crippen LogP contribution in [-0.2, 0) is 4.84 Å². The van der Waals surface area contributed by atoms with Crippen molar-refractivity contribution in [3.8, 4) is 0 Å². The molecule has 0 aliphatic rings. The summed E-state index contributed by atoms with van der Waals surface area (Å²) in [6, 6.07) is 4.13. The highest BCUT2D eigenvalue weighted by Crippen LogP contribution is 2.08. The van der Waals surface area contributed by atoms with Crippen LogP contribution in [0.15, 0.2) is 24.5 Å². The van der Waals surface area contributed by atoms with E-state index in [-0.39, 0.29) is 6.04 Å². The van der Waals surface area contributed by atoms with E-state index in [9.17, 15) is 0 Å². The minimum atomic E-state index is 0.193. The summed E-state index contributed by atoms with van der Waals surface area (Å²) >= 11 is 0. The third-order valence-corrected chi connectivity index (χ3v) is 1.59. The highest BCUT2D eigenvalue weighted by molar-refractivity contribution is 5.11. The van der Waals surface area contributed by atoms with Gasteiger partial charge >= 0.3 is 0 Å². The number of hydroxylamine groups is 1. The third kappa shape index (κ3) is 2.60. The molecule has 0 saturated carbocycles. The predicted octanol–water partition coefficient (Wildman–Crippen LogP) is 1.68. The Labute approximate surface area is 72.7 Å². The largest absolute Gasteiger partial charge is 0.302 e. The first-order valence-corrected chi connectivity index (χ1v) is 4.12. The average Bonchev–Trinajstić information content (AvgIpc) is 2.15. The normalized spacial score (nSPS) is 12.8. The summed E-state index contributed by atoms with van der Waals surface area (Å²) in [6.07, 6.45) is 3.59. The minimum Gasteiger partial charge on any atom is -0.302 e. The van der Waals surface area contributed by atoms with Crippen LogP contribution in [0.1, 0.15) is 25.5 Å². The fraction of sp³-hybridized carbons (Fsp3) is 0.444. The van der Waals surface area contributed by atoms with Crippen molar-refractivity contribution in [1.29, 1.82) is 0 Å². The third-order valence-electron chi connectivity index (χ3n) is 1.59. The Morgan fingerprint density at radius 2 is 2.50 bits per heavy atom. The van der Waals surface area contributed by atoms with E-state index in [1.807, 2.05) is 32.2 Å². The fourth-order valence-corrected chi connectivity index (χ4v) is 0.908. The number of pyridine rings is 1. The lowest BCUT2D eigenvalue weighted by Gasteiger charge is -2.11. The maximum Gasteiger partial charge on any atom is 0.0654 e. The first kappa shape index (κ1) is 9.16. The van der Waals surface area contributed by atoms with Gasteiger partial charge in [-0.2, -0.15) is 5.48 Å². The van der Waals surface area contributed by atoms with Crippen LogP contribution >= 0.6 is 0 Å². The van der Waals surface area contributed by atoms with E-state index in [2.05, 4.69) is 10.5 Å². The van der Waals surface area contributed by atoms with E-state index in [1.54, 1.807) is 6.20 Å². The first-order valence-electron chi connectivity index (χ1n) is 4.12. The smallest absolute Gasteiger partial charge is 0.0654 e. The van der Waals surface area contributed by atoms with Gasteiger partial charge in [0.1, 0.15) is 0 Å². The van der Waals surface area contributed by atoms with E-state index in [0.717, 1.165) is 5.56 Å². The highest BCUT2D eigenvalue weighted by atomic mass is 16.6. The van der Waals surface area contributed by atoms with Crippen molar-refractivity contribution in [3.63, 3.8) is 0 Å². The molecule has 1 aromatic rings. The van der Waals surface area contributed by atoms with Crippen LogP contribution in [0.2, 0.25) is 0 Å². The summed E-state index contributed by atoms with van der Waals surface area (Å²) < 4.78 is 0. The molecule has 0 aromatic carbocycles. The Morgan fingerprint density at radius 1 is 1.67 bits per heavy atom. The monoisotopic (exact) mass is 166 g/mol. The molecule has 0 aliphatic carbocycles. The van der Waals surface area contributed by atoms with Crippen LogP contribution in [-0.4, -0.2) is 11.6 Å². The van der Waals surface area contributed by atoms with Crippen molar-refractivity contribution in [1.82, 2.24) is 10.5 Å². The lowest BCUT2D eigenvalue weighted by Crippen LogP contribution is -2.18. The molecule has 3 heteroatoms. The second-order valence-electron chi connectivity index (χ2n) is 2.56. The summed E-state index contributed by atoms with van der Waals surface area (Å²) in [5.74, 6) is 0. The Balaban J connectivity index is 2.48. The number of nitrogens with zero attached hydrogens (tertiary/aromatic N) is 1. The molecule has 0 bridgehead atoms. The van der Waals surface area contributed by atoms with E-state index in [0.29, 0.717) is 6.61 Å². The topological polar surface area (TPSA) is 34.1 Å². The van der Waals surface area contributed by atoms with Gasteiger partial charge in [0.15, 0.2) is 0 Å². The summed E-state index contributed by atoms with van der Waals surface area (Å²) in [5.41, 5.74) is 4.04. The van der Waals surface area contributed by atoms with Gasteiger partial charge in [-0.25, -0.2) is 0 Å². The molecule has 1 heterocycles. The molecule has 12 heavy (non-hydrogen) atoms. The van der Waals surface area contributed by atoms with Gasteiger partial charge in [0.2, 0.25) is 0 Å². The molecule has 0 radical (unpaired) electrons. The maximum atomic E-state index is 5.07. The van der Waals surface area contributed by atoms with Gasteiger partial charge in [0.25, 0.3) is 0 Å². The van der Waals surface area contributed by atoms with Gasteiger partial charge < -0.3 is 4.84 Å². The number of hydrogen-bond donors (Lipinski definition) is 1. The summed E-state index contributed by atoms with van der Waals surface area (Å²) in [5, 5.41) is 0. The number of nitrogens with one attached hydrogen (secondary N) is 1. The molecule has 0 aliphatic heterocycles. The molecule has 0 amide bonds. The van der Waals surface area contributed by atoms with Gasteiger partial charge in [-0.05, 0) is 25.5 Å². The number of aromatic nitrogens is 1. The lowest BCUT2D eigenvalue weighted by atomic mass is 10.2. The van der Waals surface area contributed by atoms with E-state index < -0.39 is 0 Å². The van der Waals surface area contributed by atoms with E-state index in [1.165, 1.54) is 0 Å². The van der Waals surface area contributed by atoms with Crippen LogP contribution < -0.4 is 5.48 Å². The number of rotatable bonds is 4. The molecule has 66 valence electrons. The van der Waals surface area contributed by atoms with Crippen molar-refractivity contribution < 1.29 is 4.84 Å². The molecule has 1 aromatic heterocycles. The molecule has 0 fully saturated rings. The zero-order valence-corrected chi connectivity index (χ0v) is 7.45. The molecule has 0 saturated heterocycles. The van der Waals surface area contributed by atoms with Crippen LogP contribution in [0, 0.1) is 0 Å². The minimum absolute atomic E-state index is 0.193. The van der Waals surface area contributed by atoms with Gasteiger partial charge in [-0.1, -0.05) is 6.07 Å². The molecule has 1 atom stereocenters. The molecule has 0 spiro atoms. The van der Waals surface area contributed by atoms with Crippen LogP contribution in [0.3, 0.4) is 0 Å². The lowest BCUT2D eigenvalue weighted by molar-refractivity contribution is 0.0284. The fourth-order valence-electron chi connectivity index (χ4n) is 0.908. The molecular weight excluding hydrogens is 152 g/mol. The standard InChI is InChI=1S/C9H14N2O/c1-3-12-11-8(2)9-5-4-6-10-7-9/h4-8,11H,3H2,1-2H3. The Kier molecular flexibility index (Phi) is 3.70. The van der Waals surface area contributed by atoms with E-state index >= 15 is 0 Å². The average molecular weight is 166 g/mol. The van der Waals surface area contributed by atoms with Crippen LogP contribution in [0.5, 0.6) is 0 Å². The highest BCUT2D eigenvalue weighted by Gasteiger charge is 2.02. The van der Waals surface area contributed by atoms with Gasteiger partial charge in [0, 0.05) is 12.4 Å². The number of hydrogen-bond acceptors (Lipinski definition) is 3. The second kappa shape index (κ2) is 4.85. The van der Waals surface area contributed by atoms with Crippen molar-refractivity contribution in [3.05, 3.63) is 30.1 Å². The molecule has 1 N–H and O–H groups in total. The second-order valence-corrected chi connectivity index (χ2v) is 2.56. The first-order chi connectivity index (χ1) is 5.84. The predicted molar refractivity (Wildman–Crippen MR) is 47.4 cm³/mol.